The van der Waals surface area contributed by atoms with E-state index in [1.807, 2.05) is 4.90 Å². The van der Waals surface area contributed by atoms with Crippen LogP contribution in [0.5, 0.6) is 0 Å². The predicted octanol–water partition coefficient (Wildman–Crippen LogP) is 3.34. The van der Waals surface area contributed by atoms with E-state index in [-0.39, 0.29) is 10.8 Å². The Bertz CT molecular complexity index is 848. The van der Waals surface area contributed by atoms with E-state index in [9.17, 15) is 21.6 Å². The number of alkyl halides is 3. The number of nitrogens with zero attached hydrogens (tertiary/aromatic N) is 3. The van der Waals surface area contributed by atoms with E-state index in [2.05, 4.69) is 9.97 Å². The molecular weight excluding hydrogens is 375 g/mol. The third kappa shape index (κ3) is 4.12. The maximum atomic E-state index is 12.7. The lowest BCUT2D eigenvalue weighted by Gasteiger charge is -2.32. The summed E-state index contributed by atoms with van der Waals surface area (Å²) in [6.07, 6.45) is -0.434. The fourth-order valence-electron chi connectivity index (χ4n) is 2.77. The van der Waals surface area contributed by atoms with Crippen molar-refractivity contribution in [2.24, 2.45) is 0 Å². The van der Waals surface area contributed by atoms with Crippen molar-refractivity contribution in [1.82, 2.24) is 9.97 Å². The molecule has 2 aromatic rings. The SMILES string of the molecule is CS(=O)(=O)c1ccc(N2CCCC(c3nc(C(F)(F)F)cs3)C2)nc1. The second-order valence-corrected chi connectivity index (χ2v) is 8.88. The van der Waals surface area contributed by atoms with E-state index < -0.39 is 21.7 Å². The van der Waals surface area contributed by atoms with Crippen LogP contribution in [0.1, 0.15) is 29.5 Å². The van der Waals surface area contributed by atoms with Gasteiger partial charge >= 0.3 is 6.18 Å². The molecule has 0 aromatic carbocycles. The van der Waals surface area contributed by atoms with Crippen LogP contribution in [0.4, 0.5) is 19.0 Å². The van der Waals surface area contributed by atoms with Gasteiger partial charge in [-0.2, -0.15) is 13.2 Å². The number of hydrogen-bond acceptors (Lipinski definition) is 6. The molecule has 3 heterocycles. The Balaban J connectivity index is 1.76. The van der Waals surface area contributed by atoms with Crippen LogP contribution in [-0.4, -0.2) is 37.7 Å². The van der Waals surface area contributed by atoms with Crippen molar-refractivity contribution < 1.29 is 21.6 Å². The standard InChI is InChI=1S/C15H16F3N3O2S2/c1-25(22,23)11-4-5-13(19-7-11)21-6-2-3-10(8-21)14-20-12(9-24-14)15(16,17)18/h4-5,7,9-10H,2-3,6,8H2,1H3. The van der Waals surface area contributed by atoms with Crippen LogP contribution in [-0.2, 0) is 16.0 Å². The summed E-state index contributed by atoms with van der Waals surface area (Å²) in [6.45, 7) is 1.23. The highest BCUT2D eigenvalue weighted by molar-refractivity contribution is 7.90. The number of aromatic nitrogens is 2. The summed E-state index contributed by atoms with van der Waals surface area (Å²) in [6, 6.07) is 3.12. The summed E-state index contributed by atoms with van der Waals surface area (Å²) in [7, 11) is -3.31. The maximum Gasteiger partial charge on any atom is 0.434 e. The molecule has 25 heavy (non-hydrogen) atoms. The molecule has 136 valence electrons. The Morgan fingerprint density at radius 1 is 1.32 bits per heavy atom. The molecule has 1 aliphatic rings. The van der Waals surface area contributed by atoms with Crippen LogP contribution in [0.25, 0.3) is 0 Å². The molecule has 0 spiro atoms. The molecule has 5 nitrogen and oxygen atoms in total. The van der Waals surface area contributed by atoms with E-state index in [0.717, 1.165) is 42.4 Å². The number of halogens is 3. The van der Waals surface area contributed by atoms with Crippen molar-refractivity contribution in [2.75, 3.05) is 24.2 Å². The third-order valence-corrected chi connectivity index (χ3v) is 6.16. The lowest BCUT2D eigenvalue weighted by Crippen LogP contribution is -2.35. The van der Waals surface area contributed by atoms with Crippen LogP contribution in [0.15, 0.2) is 28.6 Å². The van der Waals surface area contributed by atoms with Crippen molar-refractivity contribution in [1.29, 1.82) is 0 Å². The average molecular weight is 391 g/mol. The van der Waals surface area contributed by atoms with Crippen LogP contribution in [0.3, 0.4) is 0 Å². The first kappa shape index (κ1) is 18.1. The van der Waals surface area contributed by atoms with E-state index >= 15 is 0 Å². The molecule has 0 radical (unpaired) electrons. The molecule has 1 atom stereocenters. The highest BCUT2D eigenvalue weighted by Crippen LogP contribution is 2.35. The van der Waals surface area contributed by atoms with E-state index in [1.165, 1.54) is 12.3 Å². The molecule has 1 saturated heterocycles. The predicted molar refractivity (Wildman–Crippen MR) is 88.7 cm³/mol. The molecule has 3 rings (SSSR count). The summed E-state index contributed by atoms with van der Waals surface area (Å²) in [5.74, 6) is 0.524. The zero-order valence-electron chi connectivity index (χ0n) is 13.3. The van der Waals surface area contributed by atoms with Gasteiger partial charge in [0.05, 0.1) is 9.90 Å². The van der Waals surface area contributed by atoms with Crippen molar-refractivity contribution in [2.45, 2.75) is 29.8 Å². The highest BCUT2D eigenvalue weighted by atomic mass is 32.2. The number of hydrogen-bond donors (Lipinski definition) is 0. The molecule has 1 fully saturated rings. The first-order chi connectivity index (χ1) is 11.6. The zero-order valence-corrected chi connectivity index (χ0v) is 15.0. The fraction of sp³-hybridized carbons (Fsp3) is 0.467. The van der Waals surface area contributed by atoms with E-state index in [4.69, 9.17) is 0 Å². The fourth-order valence-corrected chi connectivity index (χ4v) is 4.29. The van der Waals surface area contributed by atoms with Crippen molar-refractivity contribution in [3.63, 3.8) is 0 Å². The Morgan fingerprint density at radius 2 is 2.08 bits per heavy atom. The largest absolute Gasteiger partial charge is 0.434 e. The molecule has 10 heteroatoms. The Labute approximate surface area is 147 Å². The minimum atomic E-state index is -4.42. The molecule has 0 aliphatic carbocycles. The molecule has 0 bridgehead atoms. The summed E-state index contributed by atoms with van der Waals surface area (Å²) in [5, 5.41) is 1.53. The van der Waals surface area contributed by atoms with Gasteiger partial charge in [0.2, 0.25) is 0 Å². The first-order valence-corrected chi connectivity index (χ1v) is 10.4. The van der Waals surface area contributed by atoms with Gasteiger partial charge in [0.25, 0.3) is 0 Å². The van der Waals surface area contributed by atoms with Gasteiger partial charge < -0.3 is 4.90 Å². The molecule has 2 aromatic heterocycles. The van der Waals surface area contributed by atoms with E-state index in [1.54, 1.807) is 6.07 Å². The number of piperidine rings is 1. The average Bonchev–Trinajstić information content (AvgIpc) is 3.05. The lowest BCUT2D eigenvalue weighted by atomic mass is 9.99. The second kappa shape index (κ2) is 6.56. The number of sulfone groups is 1. The quantitative estimate of drug-likeness (QED) is 0.803. The second-order valence-electron chi connectivity index (χ2n) is 5.98. The molecule has 0 N–H and O–H groups in total. The summed E-state index contributed by atoms with van der Waals surface area (Å²) >= 11 is 1.03. The molecular formula is C15H16F3N3O2S2. The number of pyridine rings is 1. The molecule has 0 saturated carbocycles. The van der Waals surface area contributed by atoms with E-state index in [0.29, 0.717) is 17.4 Å². The monoisotopic (exact) mass is 391 g/mol. The van der Waals surface area contributed by atoms with Gasteiger partial charge in [-0.25, -0.2) is 18.4 Å². The smallest absolute Gasteiger partial charge is 0.356 e. The zero-order chi connectivity index (χ0) is 18.2. The lowest BCUT2D eigenvalue weighted by molar-refractivity contribution is -0.140. The van der Waals surface area contributed by atoms with Gasteiger partial charge in [-0.05, 0) is 25.0 Å². The van der Waals surface area contributed by atoms with Gasteiger partial charge in [0, 0.05) is 36.8 Å². The van der Waals surface area contributed by atoms with Gasteiger partial charge in [-0.15, -0.1) is 11.3 Å². The van der Waals surface area contributed by atoms with Crippen LogP contribution in [0, 0.1) is 0 Å². The summed E-state index contributed by atoms with van der Waals surface area (Å²) in [4.78, 5) is 10.0. The highest BCUT2D eigenvalue weighted by Gasteiger charge is 2.35. The molecule has 0 amide bonds. The van der Waals surface area contributed by atoms with Gasteiger partial charge in [-0.1, -0.05) is 0 Å². The maximum absolute atomic E-state index is 12.7. The summed E-state index contributed by atoms with van der Waals surface area (Å²) in [5.41, 5.74) is -0.847. The van der Waals surface area contributed by atoms with Crippen molar-refractivity contribution in [3.8, 4) is 0 Å². The molecule has 1 unspecified atom stereocenters. The summed E-state index contributed by atoms with van der Waals surface area (Å²) < 4.78 is 61.1. The van der Waals surface area contributed by atoms with Gasteiger partial charge in [0.1, 0.15) is 5.82 Å². The van der Waals surface area contributed by atoms with Gasteiger partial charge in [0.15, 0.2) is 15.5 Å². The van der Waals surface area contributed by atoms with Crippen LogP contribution < -0.4 is 4.90 Å². The first-order valence-electron chi connectivity index (χ1n) is 7.58. The Morgan fingerprint density at radius 3 is 2.64 bits per heavy atom. The van der Waals surface area contributed by atoms with Gasteiger partial charge in [-0.3, -0.25) is 0 Å². The van der Waals surface area contributed by atoms with Crippen molar-refractivity contribution in [3.05, 3.63) is 34.4 Å². The number of anilines is 1. The minimum absolute atomic E-state index is 0.0914. The Kier molecular flexibility index (Phi) is 4.76. The molecule has 1 aliphatic heterocycles. The number of thiazole rings is 1. The minimum Gasteiger partial charge on any atom is -0.356 e. The normalized spacial score (nSPS) is 19.2. The topological polar surface area (TPSA) is 63.2 Å². The van der Waals surface area contributed by atoms with Crippen LogP contribution in [0.2, 0.25) is 0 Å². The number of rotatable bonds is 3. The van der Waals surface area contributed by atoms with Crippen LogP contribution >= 0.6 is 11.3 Å². The Hall–Kier alpha value is -1.68. The van der Waals surface area contributed by atoms with Crippen molar-refractivity contribution >= 4 is 27.0 Å². The third-order valence-electron chi connectivity index (χ3n) is 4.06.